The lowest BCUT2D eigenvalue weighted by Crippen LogP contribution is -2.56. The molecule has 3 aliphatic carbocycles. The lowest BCUT2D eigenvalue weighted by molar-refractivity contribution is 0.0652. The van der Waals surface area contributed by atoms with Crippen molar-refractivity contribution < 1.29 is 9.59 Å². The first-order valence-electron chi connectivity index (χ1n) is 9.38. The first-order valence-corrected chi connectivity index (χ1v) is 9.38. The van der Waals surface area contributed by atoms with Crippen LogP contribution in [-0.4, -0.2) is 49.8 Å². The van der Waals surface area contributed by atoms with E-state index in [1.165, 1.54) is 7.05 Å². The molecular weight excluding hydrogens is 346 g/mol. The summed E-state index contributed by atoms with van der Waals surface area (Å²) in [4.78, 5) is 34.0. The van der Waals surface area contributed by atoms with Crippen LogP contribution in [-0.2, 0) is 6.42 Å². The number of aromatic nitrogens is 4. The van der Waals surface area contributed by atoms with Crippen LogP contribution in [0.25, 0.3) is 5.82 Å². The van der Waals surface area contributed by atoms with Crippen molar-refractivity contribution in [1.29, 1.82) is 0 Å². The average molecular weight is 367 g/mol. The van der Waals surface area contributed by atoms with Crippen LogP contribution in [0.5, 0.6) is 0 Å². The zero-order chi connectivity index (χ0) is 18.5. The minimum Gasteiger partial charge on any atom is -0.340 e. The molecule has 2 fully saturated rings. The van der Waals surface area contributed by atoms with Crippen LogP contribution in [0.3, 0.4) is 0 Å². The zero-order valence-corrected chi connectivity index (χ0v) is 15.1. The number of hydrogen-bond acceptors (Lipinski definition) is 6. The first kappa shape index (κ1) is 16.4. The van der Waals surface area contributed by atoms with Gasteiger partial charge in [0.25, 0.3) is 5.91 Å². The van der Waals surface area contributed by atoms with Gasteiger partial charge in [0.15, 0.2) is 11.5 Å². The summed E-state index contributed by atoms with van der Waals surface area (Å²) in [6, 6.07) is -0.326. The molecular formula is C18H21N7O2. The second kappa shape index (κ2) is 6.12. The molecule has 5 rings (SSSR count). The van der Waals surface area contributed by atoms with Gasteiger partial charge in [-0.05, 0) is 31.6 Å². The van der Waals surface area contributed by atoms with E-state index in [9.17, 15) is 9.59 Å². The minimum atomic E-state index is -0.474. The van der Waals surface area contributed by atoms with Gasteiger partial charge in [0, 0.05) is 37.0 Å². The molecule has 2 saturated carbocycles. The highest BCUT2D eigenvalue weighted by Gasteiger charge is 2.51. The Hall–Kier alpha value is -2.81. The molecule has 2 aromatic rings. The van der Waals surface area contributed by atoms with Crippen molar-refractivity contribution in [2.75, 3.05) is 7.05 Å². The number of carbonyl (C=O) groups is 2. The maximum atomic E-state index is 13.2. The molecule has 0 spiro atoms. The van der Waals surface area contributed by atoms with Crippen LogP contribution in [0, 0.1) is 5.92 Å². The van der Waals surface area contributed by atoms with Gasteiger partial charge in [0.2, 0.25) is 0 Å². The molecule has 9 heteroatoms. The highest BCUT2D eigenvalue weighted by molar-refractivity contribution is 6.03. The quantitative estimate of drug-likeness (QED) is 0.786. The summed E-state index contributed by atoms with van der Waals surface area (Å²) in [5.41, 5.74) is 5.38. The highest BCUT2D eigenvalue weighted by Crippen LogP contribution is 2.57. The molecule has 3 aliphatic rings. The molecule has 0 unspecified atom stereocenters. The SMILES string of the molecule is CNC(=O)N(NC1CCC1)C(=O)c1nn(-c2cnccn2)c2c1C[C@H]1C[C@@H]21. The largest absolute Gasteiger partial charge is 0.340 e. The minimum absolute atomic E-state index is 0.148. The van der Waals surface area contributed by atoms with E-state index in [1.807, 2.05) is 0 Å². The first-order chi connectivity index (χ1) is 13.2. The molecule has 0 bridgehead atoms. The van der Waals surface area contributed by atoms with Gasteiger partial charge >= 0.3 is 6.03 Å². The third kappa shape index (κ3) is 2.61. The lowest BCUT2D eigenvalue weighted by Gasteiger charge is -2.32. The number of fused-ring (bicyclic) bond motifs is 3. The van der Waals surface area contributed by atoms with Gasteiger partial charge in [0.1, 0.15) is 0 Å². The second-order valence-electron chi connectivity index (χ2n) is 7.45. The van der Waals surface area contributed by atoms with E-state index in [-0.39, 0.29) is 6.04 Å². The van der Waals surface area contributed by atoms with Gasteiger partial charge in [-0.1, -0.05) is 6.42 Å². The molecule has 0 aliphatic heterocycles. The van der Waals surface area contributed by atoms with Crippen molar-refractivity contribution in [2.45, 2.75) is 44.1 Å². The number of carbonyl (C=O) groups excluding carboxylic acids is 2. The fourth-order valence-corrected chi connectivity index (χ4v) is 4.01. The van der Waals surface area contributed by atoms with E-state index >= 15 is 0 Å². The summed E-state index contributed by atoms with van der Waals surface area (Å²) < 4.78 is 1.73. The van der Waals surface area contributed by atoms with E-state index in [1.54, 1.807) is 23.3 Å². The maximum Gasteiger partial charge on any atom is 0.338 e. The Balaban J connectivity index is 1.53. The van der Waals surface area contributed by atoms with Gasteiger partial charge in [-0.2, -0.15) is 10.1 Å². The monoisotopic (exact) mass is 367 g/mol. The van der Waals surface area contributed by atoms with E-state index in [0.29, 0.717) is 23.3 Å². The lowest BCUT2D eigenvalue weighted by atomic mass is 9.94. The van der Waals surface area contributed by atoms with E-state index in [4.69, 9.17) is 0 Å². The number of amides is 3. The Morgan fingerprint density at radius 2 is 2.15 bits per heavy atom. The summed E-state index contributed by atoms with van der Waals surface area (Å²) in [6.45, 7) is 0. The van der Waals surface area contributed by atoms with Crippen molar-refractivity contribution in [3.05, 3.63) is 35.5 Å². The molecule has 0 saturated heterocycles. The number of rotatable bonds is 4. The zero-order valence-electron chi connectivity index (χ0n) is 15.1. The van der Waals surface area contributed by atoms with Crippen LogP contribution in [0.15, 0.2) is 18.6 Å². The molecule has 140 valence electrons. The fourth-order valence-electron chi connectivity index (χ4n) is 4.01. The molecule has 3 amide bonds. The molecule has 2 aromatic heterocycles. The summed E-state index contributed by atoms with van der Waals surface area (Å²) in [5, 5.41) is 8.19. The van der Waals surface area contributed by atoms with Crippen molar-refractivity contribution in [1.82, 2.24) is 35.5 Å². The number of hydrazine groups is 1. The molecule has 9 nitrogen and oxygen atoms in total. The number of hydrogen-bond donors (Lipinski definition) is 2. The van der Waals surface area contributed by atoms with Crippen LogP contribution in [0.2, 0.25) is 0 Å². The van der Waals surface area contributed by atoms with Crippen molar-refractivity contribution in [2.24, 2.45) is 5.92 Å². The van der Waals surface area contributed by atoms with Gasteiger partial charge in [-0.15, -0.1) is 0 Å². The molecule has 2 atom stereocenters. The van der Waals surface area contributed by atoms with E-state index in [0.717, 1.165) is 48.4 Å². The van der Waals surface area contributed by atoms with Crippen molar-refractivity contribution in [3.63, 3.8) is 0 Å². The summed E-state index contributed by atoms with van der Waals surface area (Å²) >= 11 is 0. The second-order valence-corrected chi connectivity index (χ2v) is 7.45. The smallest absolute Gasteiger partial charge is 0.338 e. The van der Waals surface area contributed by atoms with Crippen molar-refractivity contribution in [3.8, 4) is 5.82 Å². The van der Waals surface area contributed by atoms with Gasteiger partial charge in [-0.25, -0.2) is 19.9 Å². The van der Waals surface area contributed by atoms with Crippen LogP contribution in [0.4, 0.5) is 4.79 Å². The number of imide groups is 1. The third-order valence-electron chi connectivity index (χ3n) is 5.77. The Morgan fingerprint density at radius 3 is 2.81 bits per heavy atom. The standard InChI is InChI=1S/C18H21N7O2/c1-19-18(27)25(22-11-3-2-4-11)17(26)15-13-8-10-7-12(10)16(13)24(23-15)14-9-20-5-6-21-14/h5-6,9-12,22H,2-4,7-8H2,1H3,(H,19,27)/t10-,12-/m1/s1. The summed E-state index contributed by atoms with van der Waals surface area (Å²) in [6.07, 6.45) is 9.81. The predicted molar refractivity (Wildman–Crippen MR) is 95.1 cm³/mol. The third-order valence-corrected chi connectivity index (χ3v) is 5.77. The molecule has 0 aromatic carbocycles. The number of nitrogens with one attached hydrogen (secondary N) is 2. The Kier molecular flexibility index (Phi) is 3.71. The van der Waals surface area contributed by atoms with Gasteiger partial charge < -0.3 is 5.32 Å². The van der Waals surface area contributed by atoms with Crippen molar-refractivity contribution >= 4 is 11.9 Å². The molecule has 0 radical (unpaired) electrons. The highest BCUT2D eigenvalue weighted by atomic mass is 16.2. The van der Waals surface area contributed by atoms with Crippen LogP contribution >= 0.6 is 0 Å². The van der Waals surface area contributed by atoms with E-state index in [2.05, 4.69) is 25.8 Å². The molecule has 2 N–H and O–H groups in total. The molecule has 2 heterocycles. The van der Waals surface area contributed by atoms with E-state index < -0.39 is 11.9 Å². The normalized spacial score (nSPS) is 22.6. The van der Waals surface area contributed by atoms with Crippen LogP contribution < -0.4 is 10.7 Å². The molecule has 27 heavy (non-hydrogen) atoms. The fraction of sp³-hybridized carbons (Fsp3) is 0.500. The average Bonchev–Trinajstić information content (AvgIpc) is 3.16. The Morgan fingerprint density at radius 1 is 1.30 bits per heavy atom. The topological polar surface area (TPSA) is 105 Å². The van der Waals surface area contributed by atoms with Crippen LogP contribution in [0.1, 0.15) is 53.3 Å². The summed E-state index contributed by atoms with van der Waals surface area (Å²) in [5.74, 6) is 1.17. The van der Waals surface area contributed by atoms with Gasteiger partial charge in [-0.3, -0.25) is 9.78 Å². The Labute approximate surface area is 156 Å². The predicted octanol–water partition coefficient (Wildman–Crippen LogP) is 1.16. The number of urea groups is 1. The number of nitrogens with zero attached hydrogens (tertiary/aromatic N) is 5. The maximum absolute atomic E-state index is 13.2. The van der Waals surface area contributed by atoms with Gasteiger partial charge in [0.05, 0.1) is 11.9 Å². The summed E-state index contributed by atoms with van der Waals surface area (Å²) in [7, 11) is 1.52. The Bertz CT molecular complexity index is 906.